The topological polar surface area (TPSA) is 48.4 Å². The molecule has 170 valence electrons. The summed E-state index contributed by atoms with van der Waals surface area (Å²) in [6.07, 6.45) is 4.62. The first-order valence-electron chi connectivity index (χ1n) is 11.3. The summed E-state index contributed by atoms with van der Waals surface area (Å²) >= 11 is 1.63. The van der Waals surface area contributed by atoms with Gasteiger partial charge in [0.25, 0.3) is 0 Å². The lowest BCUT2D eigenvalue weighted by Crippen LogP contribution is -2.15. The van der Waals surface area contributed by atoms with Crippen molar-refractivity contribution in [2.45, 2.75) is 19.3 Å². The van der Waals surface area contributed by atoms with E-state index in [2.05, 4.69) is 41.9 Å². The number of thiazole rings is 1. The van der Waals surface area contributed by atoms with E-state index in [-0.39, 0.29) is 0 Å². The highest BCUT2D eigenvalue weighted by Gasteiger charge is 2.29. The van der Waals surface area contributed by atoms with Gasteiger partial charge in [0.1, 0.15) is 11.5 Å². The van der Waals surface area contributed by atoms with Gasteiger partial charge in [0.15, 0.2) is 0 Å². The molecule has 1 saturated carbocycles. The Morgan fingerprint density at radius 1 is 1.06 bits per heavy atom. The fraction of sp³-hybridized carbons (Fsp3) is 0.172. The molecule has 0 saturated heterocycles. The number of hydrogen-bond acceptors (Lipinski definition) is 5. The first-order chi connectivity index (χ1) is 16.7. The van der Waals surface area contributed by atoms with Gasteiger partial charge in [-0.15, -0.1) is 11.3 Å². The molecule has 1 aliphatic rings. The smallest absolute Gasteiger partial charge is 0.335 e. The molecule has 1 fully saturated rings. The molecule has 1 heterocycles. The third-order valence-electron chi connectivity index (χ3n) is 6.32. The molecule has 0 bridgehead atoms. The SMILES string of the molecule is C=CC(=O)Oc1ccccc1/C(=C(\c1cccc(OC)c1)C1CCC1)c1ccc2scnc2c1. The Balaban J connectivity index is 1.82. The van der Waals surface area contributed by atoms with Crippen LogP contribution in [0.4, 0.5) is 0 Å². The van der Waals surface area contributed by atoms with Gasteiger partial charge < -0.3 is 9.47 Å². The van der Waals surface area contributed by atoms with Crippen LogP contribution in [0.5, 0.6) is 11.5 Å². The zero-order valence-corrected chi connectivity index (χ0v) is 19.8. The minimum Gasteiger partial charge on any atom is -0.497 e. The van der Waals surface area contributed by atoms with Gasteiger partial charge >= 0.3 is 5.97 Å². The number of carbonyl (C=O) groups excluding carboxylic acids is 1. The van der Waals surface area contributed by atoms with E-state index in [0.29, 0.717) is 11.7 Å². The largest absolute Gasteiger partial charge is 0.497 e. The summed E-state index contributed by atoms with van der Waals surface area (Å²) in [6.45, 7) is 3.56. The number of carbonyl (C=O) groups is 1. The zero-order chi connectivity index (χ0) is 23.5. The van der Waals surface area contributed by atoms with Crippen molar-refractivity contribution < 1.29 is 14.3 Å². The highest BCUT2D eigenvalue weighted by atomic mass is 32.1. The summed E-state index contributed by atoms with van der Waals surface area (Å²) in [5.41, 5.74) is 8.15. The molecular formula is C29H25NO3S. The lowest BCUT2D eigenvalue weighted by Gasteiger charge is -2.32. The van der Waals surface area contributed by atoms with Crippen molar-refractivity contribution >= 4 is 38.7 Å². The first-order valence-corrected chi connectivity index (χ1v) is 12.2. The van der Waals surface area contributed by atoms with Gasteiger partial charge in [-0.25, -0.2) is 9.78 Å². The molecule has 5 heteroatoms. The van der Waals surface area contributed by atoms with Crippen molar-refractivity contribution in [2.75, 3.05) is 7.11 Å². The summed E-state index contributed by atoms with van der Waals surface area (Å²) in [5.74, 6) is 1.25. The van der Waals surface area contributed by atoms with E-state index in [4.69, 9.17) is 9.47 Å². The number of methoxy groups -OCH3 is 1. The molecule has 0 amide bonds. The van der Waals surface area contributed by atoms with E-state index in [9.17, 15) is 4.79 Å². The number of rotatable bonds is 7. The van der Waals surface area contributed by atoms with E-state index in [1.807, 2.05) is 41.9 Å². The number of esters is 1. The maximum Gasteiger partial charge on any atom is 0.335 e. The maximum atomic E-state index is 12.2. The monoisotopic (exact) mass is 467 g/mol. The molecule has 5 rings (SSSR count). The average molecular weight is 468 g/mol. The van der Waals surface area contributed by atoms with E-state index in [0.717, 1.165) is 51.1 Å². The Labute approximate surface area is 203 Å². The van der Waals surface area contributed by atoms with Gasteiger partial charge in [-0.2, -0.15) is 0 Å². The summed E-state index contributed by atoms with van der Waals surface area (Å²) in [4.78, 5) is 16.7. The van der Waals surface area contributed by atoms with E-state index in [1.54, 1.807) is 18.4 Å². The number of allylic oxidation sites excluding steroid dienone is 1. The highest BCUT2D eigenvalue weighted by Crippen LogP contribution is 2.47. The third-order valence-corrected chi connectivity index (χ3v) is 7.13. The minimum absolute atomic E-state index is 0.399. The molecule has 0 N–H and O–H groups in total. The quantitative estimate of drug-likeness (QED) is 0.125. The molecule has 0 unspecified atom stereocenters. The van der Waals surface area contributed by atoms with Crippen LogP contribution in [-0.2, 0) is 4.79 Å². The fourth-order valence-electron chi connectivity index (χ4n) is 4.45. The molecule has 0 radical (unpaired) electrons. The molecule has 1 aliphatic carbocycles. The lowest BCUT2D eigenvalue weighted by molar-refractivity contribution is -0.128. The van der Waals surface area contributed by atoms with Gasteiger partial charge in [0, 0.05) is 11.6 Å². The van der Waals surface area contributed by atoms with Gasteiger partial charge in [0.2, 0.25) is 0 Å². The number of ether oxygens (including phenoxy) is 2. The van der Waals surface area contributed by atoms with Gasteiger partial charge in [0.05, 0.1) is 22.8 Å². The Morgan fingerprint density at radius 3 is 2.68 bits per heavy atom. The molecular weight excluding hydrogens is 442 g/mol. The predicted molar refractivity (Wildman–Crippen MR) is 138 cm³/mol. The van der Waals surface area contributed by atoms with Gasteiger partial charge in [-0.1, -0.05) is 49.4 Å². The van der Waals surface area contributed by atoms with Crippen LogP contribution < -0.4 is 9.47 Å². The van der Waals surface area contributed by atoms with Crippen LogP contribution in [0.3, 0.4) is 0 Å². The van der Waals surface area contributed by atoms with Crippen molar-refractivity contribution in [3.05, 3.63) is 102 Å². The standard InChI is InChI=1S/C29H25NO3S/c1-3-27(31)33-25-13-5-4-12-23(25)29(21-14-15-26-24(17-21)30-18-34-26)28(19-8-6-9-19)20-10-7-11-22(16-20)32-2/h3-5,7,10-19H,1,6,8-9H2,2H3/b29-28-. The Kier molecular flexibility index (Phi) is 6.28. The molecule has 0 atom stereocenters. The number of nitrogens with zero attached hydrogens (tertiary/aromatic N) is 1. The van der Waals surface area contributed by atoms with E-state index < -0.39 is 5.97 Å². The van der Waals surface area contributed by atoms with Crippen molar-refractivity contribution in [1.29, 1.82) is 0 Å². The molecule has 1 aromatic heterocycles. The second kappa shape index (κ2) is 9.65. The number of aromatic nitrogens is 1. The van der Waals surface area contributed by atoms with Crippen molar-refractivity contribution in [2.24, 2.45) is 5.92 Å². The number of hydrogen-bond donors (Lipinski definition) is 0. The number of fused-ring (bicyclic) bond motifs is 1. The van der Waals surface area contributed by atoms with E-state index in [1.165, 1.54) is 18.1 Å². The van der Waals surface area contributed by atoms with Crippen LogP contribution in [0, 0.1) is 5.92 Å². The summed E-state index contributed by atoms with van der Waals surface area (Å²) in [6, 6.07) is 22.3. The molecule has 4 nitrogen and oxygen atoms in total. The molecule has 0 aliphatic heterocycles. The van der Waals surface area contributed by atoms with Crippen LogP contribution in [-0.4, -0.2) is 18.1 Å². The normalized spacial score (nSPS) is 14.3. The Bertz CT molecular complexity index is 1400. The molecule has 3 aromatic carbocycles. The van der Waals surface area contributed by atoms with Crippen LogP contribution >= 0.6 is 11.3 Å². The molecule has 4 aromatic rings. The summed E-state index contributed by atoms with van der Waals surface area (Å²) in [5, 5.41) is 0. The second-order valence-corrected chi connectivity index (χ2v) is 9.19. The third kappa shape index (κ3) is 4.27. The maximum absolute atomic E-state index is 12.2. The van der Waals surface area contributed by atoms with Crippen molar-refractivity contribution in [3.8, 4) is 11.5 Å². The zero-order valence-electron chi connectivity index (χ0n) is 19.0. The van der Waals surface area contributed by atoms with Gasteiger partial charge in [-0.3, -0.25) is 0 Å². The number of para-hydroxylation sites is 1. The highest BCUT2D eigenvalue weighted by molar-refractivity contribution is 7.16. The summed E-state index contributed by atoms with van der Waals surface area (Å²) in [7, 11) is 1.69. The van der Waals surface area contributed by atoms with Crippen LogP contribution in [0.15, 0.2) is 84.9 Å². The average Bonchev–Trinajstić information content (AvgIpc) is 3.31. The second-order valence-electron chi connectivity index (χ2n) is 8.30. The summed E-state index contributed by atoms with van der Waals surface area (Å²) < 4.78 is 12.4. The Hall–Kier alpha value is -3.70. The molecule has 0 spiro atoms. The van der Waals surface area contributed by atoms with E-state index >= 15 is 0 Å². The minimum atomic E-state index is -0.478. The fourth-order valence-corrected chi connectivity index (χ4v) is 5.11. The van der Waals surface area contributed by atoms with Gasteiger partial charge in [-0.05, 0) is 71.4 Å². The van der Waals surface area contributed by atoms with Crippen LogP contribution in [0.1, 0.15) is 36.0 Å². The van der Waals surface area contributed by atoms with Crippen molar-refractivity contribution in [3.63, 3.8) is 0 Å². The van der Waals surface area contributed by atoms with Crippen LogP contribution in [0.25, 0.3) is 21.4 Å². The first kappa shape index (κ1) is 22.1. The molecule has 34 heavy (non-hydrogen) atoms. The predicted octanol–water partition coefficient (Wildman–Crippen LogP) is 7.16. The van der Waals surface area contributed by atoms with Crippen LogP contribution in [0.2, 0.25) is 0 Å². The lowest BCUT2D eigenvalue weighted by atomic mass is 9.73. The Morgan fingerprint density at radius 2 is 1.91 bits per heavy atom. The van der Waals surface area contributed by atoms with Crippen molar-refractivity contribution in [1.82, 2.24) is 4.98 Å². The number of benzene rings is 3.